The lowest BCUT2D eigenvalue weighted by molar-refractivity contribution is 1.18. The first-order valence-corrected chi connectivity index (χ1v) is 16.5. The SMILES string of the molecule is [B]c1c([B])c([B])c(-c2ccc(-c3cc(-c4ccc(-c5cccnc5)cc4)nc(-c4ccc(-c5cccc6ccccc56)cc4)n3)cc2)c([B])c1[B]. The predicted octanol–water partition coefficient (Wildman–Crippen LogP) is 5.00. The zero-order chi connectivity index (χ0) is 35.1. The van der Waals surface area contributed by atoms with Gasteiger partial charge in [-0.25, -0.2) is 9.97 Å². The minimum Gasteiger partial charge on any atom is -0.264 e. The van der Waals surface area contributed by atoms with Crippen LogP contribution >= 0.6 is 0 Å². The smallest absolute Gasteiger partial charge is 0.160 e. The molecule has 6 aromatic carbocycles. The topological polar surface area (TPSA) is 38.7 Å². The van der Waals surface area contributed by atoms with Crippen LogP contribution in [0.4, 0.5) is 0 Å². The summed E-state index contributed by atoms with van der Waals surface area (Å²) in [5, 5.41) is 2.41. The Kier molecular flexibility index (Phi) is 8.53. The summed E-state index contributed by atoms with van der Waals surface area (Å²) in [5.74, 6) is 0.611. The van der Waals surface area contributed by atoms with E-state index in [1.165, 1.54) is 16.3 Å². The van der Waals surface area contributed by atoms with Gasteiger partial charge in [0.05, 0.1) is 11.4 Å². The molecule has 0 atom stereocenters. The van der Waals surface area contributed by atoms with Gasteiger partial charge in [0.15, 0.2) is 5.82 Å². The quantitative estimate of drug-likeness (QED) is 0.242. The normalized spacial score (nSPS) is 11.1. The van der Waals surface area contributed by atoms with Crippen molar-refractivity contribution in [3.8, 4) is 67.3 Å². The zero-order valence-electron chi connectivity index (χ0n) is 27.6. The summed E-state index contributed by atoms with van der Waals surface area (Å²) >= 11 is 0. The summed E-state index contributed by atoms with van der Waals surface area (Å²) in [6.45, 7) is 0. The summed E-state index contributed by atoms with van der Waals surface area (Å²) in [5.41, 5.74) is 11.2. The highest BCUT2D eigenvalue weighted by Gasteiger charge is 2.15. The maximum atomic E-state index is 6.36. The molecular formula is C43H24B5N3. The van der Waals surface area contributed by atoms with E-state index in [4.69, 9.17) is 49.2 Å². The van der Waals surface area contributed by atoms with E-state index in [-0.39, 0.29) is 16.4 Å². The Hall–Kier alpha value is -5.87. The van der Waals surface area contributed by atoms with Crippen LogP contribution in [0, 0.1) is 0 Å². The molecule has 2 heterocycles. The number of aromatic nitrogens is 3. The van der Waals surface area contributed by atoms with Gasteiger partial charge in [-0.15, -0.1) is 16.4 Å². The van der Waals surface area contributed by atoms with Gasteiger partial charge in [0.25, 0.3) is 0 Å². The molecule has 0 amide bonds. The van der Waals surface area contributed by atoms with E-state index < -0.39 is 0 Å². The van der Waals surface area contributed by atoms with Crippen molar-refractivity contribution in [2.45, 2.75) is 0 Å². The van der Waals surface area contributed by atoms with Gasteiger partial charge in [-0.3, -0.25) is 4.98 Å². The molecule has 0 spiro atoms. The van der Waals surface area contributed by atoms with E-state index in [9.17, 15) is 0 Å². The Balaban J connectivity index is 1.21. The monoisotopic (exact) mass is 637 g/mol. The maximum absolute atomic E-state index is 6.36. The van der Waals surface area contributed by atoms with Crippen molar-refractivity contribution in [2.75, 3.05) is 0 Å². The van der Waals surface area contributed by atoms with E-state index in [1.807, 2.05) is 48.7 Å². The van der Waals surface area contributed by atoms with Gasteiger partial charge >= 0.3 is 0 Å². The van der Waals surface area contributed by atoms with E-state index >= 15 is 0 Å². The largest absolute Gasteiger partial charge is 0.264 e. The van der Waals surface area contributed by atoms with Crippen molar-refractivity contribution in [1.29, 1.82) is 0 Å². The molecule has 0 aliphatic rings. The van der Waals surface area contributed by atoms with Crippen LogP contribution < -0.4 is 27.3 Å². The fourth-order valence-electron chi connectivity index (χ4n) is 6.48. The number of benzene rings is 6. The first-order chi connectivity index (χ1) is 24.9. The number of fused-ring (bicyclic) bond motifs is 1. The van der Waals surface area contributed by atoms with Gasteiger partial charge in [0, 0.05) is 29.1 Å². The summed E-state index contributed by atoms with van der Waals surface area (Å²) < 4.78 is 0. The lowest BCUT2D eigenvalue weighted by Crippen LogP contribution is -2.55. The van der Waals surface area contributed by atoms with Crippen molar-refractivity contribution in [2.24, 2.45) is 0 Å². The van der Waals surface area contributed by atoms with Crippen LogP contribution in [-0.4, -0.2) is 54.2 Å². The van der Waals surface area contributed by atoms with Gasteiger partial charge in [-0.05, 0) is 56.3 Å². The second kappa shape index (κ2) is 13.5. The number of hydrogen-bond acceptors (Lipinski definition) is 3. The number of pyridine rings is 1. The second-order valence-electron chi connectivity index (χ2n) is 12.4. The van der Waals surface area contributed by atoms with Crippen LogP contribution in [0.25, 0.3) is 78.1 Å². The Morgan fingerprint density at radius 1 is 0.392 bits per heavy atom. The van der Waals surface area contributed by atoms with Gasteiger partial charge in [-0.2, -0.15) is 0 Å². The van der Waals surface area contributed by atoms with Gasteiger partial charge in [0.2, 0.25) is 0 Å². The molecule has 0 unspecified atom stereocenters. The van der Waals surface area contributed by atoms with Crippen LogP contribution in [0.2, 0.25) is 0 Å². The van der Waals surface area contributed by atoms with E-state index in [0.29, 0.717) is 22.3 Å². The van der Waals surface area contributed by atoms with Gasteiger partial charge < -0.3 is 0 Å². The van der Waals surface area contributed by atoms with Crippen molar-refractivity contribution < 1.29 is 0 Å². The molecular weight excluding hydrogens is 613 g/mol. The molecule has 8 rings (SSSR count). The van der Waals surface area contributed by atoms with Crippen molar-refractivity contribution >= 4 is 77.3 Å². The molecule has 8 heteroatoms. The highest BCUT2D eigenvalue weighted by atomic mass is 14.9. The van der Waals surface area contributed by atoms with E-state index in [1.54, 1.807) is 6.20 Å². The first-order valence-electron chi connectivity index (χ1n) is 16.5. The number of nitrogens with zero attached hydrogens (tertiary/aromatic N) is 3. The summed E-state index contributed by atoms with van der Waals surface area (Å²) in [6.07, 6.45) is 3.63. The summed E-state index contributed by atoms with van der Waals surface area (Å²) in [6, 6.07) is 45.3. The molecule has 226 valence electrons. The molecule has 3 nitrogen and oxygen atoms in total. The fourth-order valence-corrected chi connectivity index (χ4v) is 6.48. The van der Waals surface area contributed by atoms with Crippen LogP contribution in [-0.2, 0) is 0 Å². The third-order valence-electron chi connectivity index (χ3n) is 9.31. The van der Waals surface area contributed by atoms with Crippen LogP contribution in [0.5, 0.6) is 0 Å². The number of hydrogen-bond donors (Lipinski definition) is 0. The standard InChI is InChI=1S/C43H24B5N3/c44-38-37(39(45)41(47)42(48)40(38)46)30-18-16-29(17-19-30)36-23-35(28-14-10-25(11-15-28)32-7-4-22-49-24-32)50-43(51-36)31-20-12-27(13-21-31)34-9-3-6-26-5-1-2-8-33(26)34/h1-24H. The minimum atomic E-state index is 0.185. The Morgan fingerprint density at radius 2 is 0.922 bits per heavy atom. The Morgan fingerprint density at radius 3 is 1.55 bits per heavy atom. The van der Waals surface area contributed by atoms with E-state index in [0.717, 1.165) is 50.3 Å². The molecule has 51 heavy (non-hydrogen) atoms. The van der Waals surface area contributed by atoms with Gasteiger partial charge in [-0.1, -0.05) is 132 Å². The Bertz CT molecular complexity index is 2520. The Labute approximate surface area is 304 Å². The molecule has 8 aromatic rings. The molecule has 0 aliphatic heterocycles. The molecule has 0 saturated carbocycles. The third-order valence-corrected chi connectivity index (χ3v) is 9.31. The third kappa shape index (κ3) is 6.12. The van der Waals surface area contributed by atoms with Crippen LogP contribution in [0.15, 0.2) is 146 Å². The molecule has 0 bridgehead atoms. The van der Waals surface area contributed by atoms with Crippen molar-refractivity contribution in [1.82, 2.24) is 15.0 Å². The van der Waals surface area contributed by atoms with Gasteiger partial charge in [0.1, 0.15) is 39.2 Å². The molecule has 0 N–H and O–H groups in total. The molecule has 0 aliphatic carbocycles. The first kappa shape index (κ1) is 32.3. The lowest BCUT2D eigenvalue weighted by atomic mass is 9.59. The van der Waals surface area contributed by atoms with Crippen molar-refractivity contribution in [3.63, 3.8) is 0 Å². The highest BCUT2D eigenvalue weighted by molar-refractivity contribution is 6.68. The minimum absolute atomic E-state index is 0.185. The van der Waals surface area contributed by atoms with Crippen LogP contribution in [0.3, 0.4) is 0 Å². The zero-order valence-corrected chi connectivity index (χ0v) is 27.6. The average molecular weight is 637 g/mol. The molecule has 0 fully saturated rings. The summed E-state index contributed by atoms with van der Waals surface area (Å²) in [4.78, 5) is 14.4. The highest BCUT2D eigenvalue weighted by Crippen LogP contribution is 2.33. The predicted molar refractivity (Wildman–Crippen MR) is 217 cm³/mol. The van der Waals surface area contributed by atoms with E-state index in [2.05, 4.69) is 96.0 Å². The van der Waals surface area contributed by atoms with Crippen molar-refractivity contribution in [3.05, 3.63) is 146 Å². The van der Waals surface area contributed by atoms with Crippen LogP contribution in [0.1, 0.15) is 0 Å². The number of rotatable bonds is 6. The average Bonchev–Trinajstić information content (AvgIpc) is 3.20. The second-order valence-corrected chi connectivity index (χ2v) is 12.4. The molecule has 2 aromatic heterocycles. The summed E-state index contributed by atoms with van der Waals surface area (Å²) in [7, 11) is 31.1. The molecule has 10 radical (unpaired) electrons. The lowest BCUT2D eigenvalue weighted by Gasteiger charge is -2.21. The fraction of sp³-hybridized carbons (Fsp3) is 0. The maximum Gasteiger partial charge on any atom is 0.160 e. The molecule has 0 saturated heterocycles.